The Labute approximate surface area is 82.0 Å². The lowest BCUT2D eigenvalue weighted by Crippen LogP contribution is -2.13. The van der Waals surface area contributed by atoms with E-state index in [9.17, 15) is 8.42 Å². The van der Waals surface area contributed by atoms with E-state index in [0.29, 0.717) is 5.52 Å². The molecule has 14 heavy (non-hydrogen) atoms. The summed E-state index contributed by atoms with van der Waals surface area (Å²) in [5.74, 6) is 0. The molecule has 0 amide bonds. The molecule has 2 aromatic rings. The Bertz CT molecular complexity index is 584. The molecular weight excluding hydrogens is 200 g/mol. The number of aryl methyl sites for hydroxylation is 1. The van der Waals surface area contributed by atoms with Crippen molar-refractivity contribution in [3.8, 4) is 0 Å². The highest BCUT2D eigenvalue weighted by Crippen LogP contribution is 2.22. The predicted octanol–water partition coefficient (Wildman–Crippen LogP) is 0.826. The van der Waals surface area contributed by atoms with Crippen LogP contribution in [0.3, 0.4) is 0 Å². The first-order valence-corrected chi connectivity index (χ1v) is 5.61. The van der Waals surface area contributed by atoms with Crippen molar-refractivity contribution in [2.75, 3.05) is 0 Å². The lowest BCUT2D eigenvalue weighted by molar-refractivity contribution is 0.598. The van der Waals surface area contributed by atoms with Gasteiger partial charge in [0.1, 0.15) is 4.90 Å². The fourth-order valence-corrected chi connectivity index (χ4v) is 2.35. The molecule has 1 heterocycles. The molecule has 74 valence electrons. The van der Waals surface area contributed by atoms with E-state index in [-0.39, 0.29) is 4.90 Å². The maximum absolute atomic E-state index is 11.3. The molecule has 5 heteroatoms. The minimum Gasteiger partial charge on any atom is -0.349 e. The molecule has 0 radical (unpaired) electrons. The second kappa shape index (κ2) is 2.83. The summed E-state index contributed by atoms with van der Waals surface area (Å²) in [6.45, 7) is 0. The van der Waals surface area contributed by atoms with E-state index in [1.807, 2.05) is 12.1 Å². The fourth-order valence-electron chi connectivity index (χ4n) is 1.55. The molecule has 0 aliphatic carbocycles. The van der Waals surface area contributed by atoms with Crippen molar-refractivity contribution in [3.05, 3.63) is 30.5 Å². The summed E-state index contributed by atoms with van der Waals surface area (Å²) < 4.78 is 24.3. The standard InChI is InChI=1S/C9H10N2O2S/c1-11-6-5-7-3-2-4-8(9(7)11)14(10,12)13/h2-6H,1H3,(H2,10,12,13). The third-order valence-corrected chi connectivity index (χ3v) is 3.11. The van der Waals surface area contributed by atoms with Gasteiger partial charge >= 0.3 is 0 Å². The Kier molecular flexibility index (Phi) is 1.87. The van der Waals surface area contributed by atoms with Crippen molar-refractivity contribution >= 4 is 20.9 Å². The van der Waals surface area contributed by atoms with Crippen molar-refractivity contribution in [3.63, 3.8) is 0 Å². The zero-order valence-corrected chi connectivity index (χ0v) is 8.45. The number of benzene rings is 1. The quantitative estimate of drug-likeness (QED) is 0.757. The van der Waals surface area contributed by atoms with Gasteiger partial charge in [-0.05, 0) is 12.1 Å². The van der Waals surface area contributed by atoms with Crippen LogP contribution < -0.4 is 5.14 Å². The van der Waals surface area contributed by atoms with E-state index in [0.717, 1.165) is 5.39 Å². The van der Waals surface area contributed by atoms with Gasteiger partial charge in [-0.25, -0.2) is 13.6 Å². The van der Waals surface area contributed by atoms with Crippen LogP contribution in [0.5, 0.6) is 0 Å². The van der Waals surface area contributed by atoms with Gasteiger partial charge in [-0.1, -0.05) is 12.1 Å². The van der Waals surface area contributed by atoms with Gasteiger partial charge in [0, 0.05) is 18.6 Å². The van der Waals surface area contributed by atoms with Crippen molar-refractivity contribution in [2.45, 2.75) is 4.90 Å². The van der Waals surface area contributed by atoms with Gasteiger partial charge in [-0.2, -0.15) is 0 Å². The Hall–Kier alpha value is -1.33. The van der Waals surface area contributed by atoms with Gasteiger partial charge < -0.3 is 4.57 Å². The highest BCUT2D eigenvalue weighted by molar-refractivity contribution is 7.89. The molecule has 0 saturated heterocycles. The van der Waals surface area contributed by atoms with Crippen LogP contribution in [0.25, 0.3) is 10.9 Å². The van der Waals surface area contributed by atoms with E-state index in [2.05, 4.69) is 0 Å². The second-order valence-corrected chi connectivity index (χ2v) is 4.70. The normalized spacial score (nSPS) is 12.1. The Morgan fingerprint density at radius 1 is 1.29 bits per heavy atom. The number of rotatable bonds is 1. The number of hydrogen-bond donors (Lipinski definition) is 1. The molecule has 0 aliphatic heterocycles. The highest BCUT2D eigenvalue weighted by atomic mass is 32.2. The zero-order chi connectivity index (χ0) is 10.3. The highest BCUT2D eigenvalue weighted by Gasteiger charge is 2.13. The molecule has 0 bridgehead atoms. The monoisotopic (exact) mass is 210 g/mol. The summed E-state index contributed by atoms with van der Waals surface area (Å²) in [4.78, 5) is 0.169. The number of nitrogens with zero attached hydrogens (tertiary/aromatic N) is 1. The smallest absolute Gasteiger partial charge is 0.240 e. The van der Waals surface area contributed by atoms with Crippen molar-refractivity contribution in [1.82, 2.24) is 4.57 Å². The molecule has 0 aliphatic rings. The summed E-state index contributed by atoms with van der Waals surface area (Å²) in [5, 5.41) is 5.98. The maximum Gasteiger partial charge on any atom is 0.240 e. The Morgan fingerprint density at radius 3 is 2.64 bits per heavy atom. The lowest BCUT2D eigenvalue weighted by Gasteiger charge is -2.02. The van der Waals surface area contributed by atoms with E-state index < -0.39 is 10.0 Å². The number of primary sulfonamides is 1. The minimum absolute atomic E-state index is 0.169. The third-order valence-electron chi connectivity index (χ3n) is 2.17. The summed E-state index contributed by atoms with van der Waals surface area (Å²) in [6.07, 6.45) is 1.80. The van der Waals surface area contributed by atoms with E-state index >= 15 is 0 Å². The molecule has 2 N–H and O–H groups in total. The first-order valence-electron chi connectivity index (χ1n) is 4.07. The van der Waals surface area contributed by atoms with Gasteiger partial charge in [0.15, 0.2) is 0 Å². The van der Waals surface area contributed by atoms with Crippen LogP contribution >= 0.6 is 0 Å². The van der Waals surface area contributed by atoms with E-state index in [1.54, 1.807) is 23.9 Å². The Balaban J connectivity index is 2.96. The second-order valence-electron chi connectivity index (χ2n) is 3.17. The molecule has 4 nitrogen and oxygen atoms in total. The number of fused-ring (bicyclic) bond motifs is 1. The van der Waals surface area contributed by atoms with Crippen LogP contribution in [0, 0.1) is 0 Å². The number of sulfonamides is 1. The molecular formula is C9H10N2O2S. The van der Waals surface area contributed by atoms with Crippen molar-refractivity contribution < 1.29 is 8.42 Å². The van der Waals surface area contributed by atoms with Crippen LogP contribution in [0.15, 0.2) is 35.4 Å². The largest absolute Gasteiger partial charge is 0.349 e. The van der Waals surface area contributed by atoms with Crippen molar-refractivity contribution in [2.24, 2.45) is 12.2 Å². The predicted molar refractivity (Wildman–Crippen MR) is 54.3 cm³/mol. The SMILES string of the molecule is Cn1ccc2cccc(S(N)(=O)=O)c21. The van der Waals surface area contributed by atoms with Crippen LogP contribution in [0.1, 0.15) is 0 Å². The first kappa shape index (κ1) is 9.23. The summed E-state index contributed by atoms with van der Waals surface area (Å²) in [7, 11) is -1.85. The number of hydrogen-bond acceptors (Lipinski definition) is 2. The number of para-hydroxylation sites is 1. The molecule has 0 saturated carbocycles. The number of nitrogens with two attached hydrogens (primary N) is 1. The molecule has 0 spiro atoms. The maximum atomic E-state index is 11.3. The van der Waals surface area contributed by atoms with Gasteiger partial charge in [-0.15, -0.1) is 0 Å². The average Bonchev–Trinajstić information content (AvgIpc) is 2.46. The molecule has 1 aromatic carbocycles. The molecule has 0 unspecified atom stereocenters. The zero-order valence-electron chi connectivity index (χ0n) is 7.64. The van der Waals surface area contributed by atoms with Crippen LogP contribution in [-0.4, -0.2) is 13.0 Å². The Morgan fingerprint density at radius 2 is 2.00 bits per heavy atom. The first-order chi connectivity index (χ1) is 6.50. The summed E-state index contributed by atoms with van der Waals surface area (Å²) >= 11 is 0. The third kappa shape index (κ3) is 1.30. The van der Waals surface area contributed by atoms with Crippen molar-refractivity contribution in [1.29, 1.82) is 0 Å². The lowest BCUT2D eigenvalue weighted by atomic mass is 10.2. The minimum atomic E-state index is -3.64. The van der Waals surface area contributed by atoms with Gasteiger partial charge in [0.25, 0.3) is 0 Å². The van der Waals surface area contributed by atoms with Crippen LogP contribution in [0.2, 0.25) is 0 Å². The fraction of sp³-hybridized carbons (Fsp3) is 0.111. The van der Waals surface area contributed by atoms with Gasteiger partial charge in [0.2, 0.25) is 10.0 Å². The molecule has 0 atom stereocenters. The number of aromatic nitrogens is 1. The molecule has 2 rings (SSSR count). The summed E-state index contributed by atoms with van der Waals surface area (Å²) in [5.41, 5.74) is 0.648. The van der Waals surface area contributed by atoms with Crippen LogP contribution in [-0.2, 0) is 17.1 Å². The summed E-state index contributed by atoms with van der Waals surface area (Å²) in [6, 6.07) is 6.90. The average molecular weight is 210 g/mol. The van der Waals surface area contributed by atoms with E-state index in [1.165, 1.54) is 6.07 Å². The topological polar surface area (TPSA) is 65.1 Å². The molecule has 0 fully saturated rings. The van der Waals surface area contributed by atoms with Gasteiger partial charge in [0.05, 0.1) is 5.52 Å². The van der Waals surface area contributed by atoms with E-state index in [4.69, 9.17) is 5.14 Å². The molecule has 1 aromatic heterocycles. The van der Waals surface area contributed by atoms with Gasteiger partial charge in [-0.3, -0.25) is 0 Å². The van der Waals surface area contributed by atoms with Crippen LogP contribution in [0.4, 0.5) is 0 Å².